The topological polar surface area (TPSA) is 47.6 Å². The number of hydrogen-bond donors (Lipinski definition) is 0. The molecule has 0 fully saturated rings. The molecule has 0 amide bonds. The lowest BCUT2D eigenvalue weighted by molar-refractivity contribution is 0.725. The van der Waals surface area contributed by atoms with E-state index in [4.69, 9.17) is 5.26 Å². The second kappa shape index (κ2) is 4.02. The highest BCUT2D eigenvalue weighted by Gasteiger charge is 2.26. The van der Waals surface area contributed by atoms with E-state index in [1.807, 2.05) is 36.4 Å². The maximum Gasteiger partial charge on any atom is 0.0912 e. The molecule has 0 saturated carbocycles. The second-order valence-electron chi connectivity index (χ2n) is 4.45. The fourth-order valence-corrected chi connectivity index (χ4v) is 2.47. The molecule has 2 nitrogen and oxygen atoms in total. The van der Waals surface area contributed by atoms with Crippen LogP contribution in [0.25, 0.3) is 16.8 Å². The van der Waals surface area contributed by atoms with Crippen LogP contribution >= 0.6 is 0 Å². The minimum atomic E-state index is -0.361. The smallest absolute Gasteiger partial charge is 0.0912 e. The van der Waals surface area contributed by atoms with Gasteiger partial charge in [0.1, 0.15) is 0 Å². The van der Waals surface area contributed by atoms with Crippen molar-refractivity contribution in [1.82, 2.24) is 0 Å². The van der Waals surface area contributed by atoms with Gasteiger partial charge in [-0.15, -0.1) is 0 Å². The zero-order valence-electron chi connectivity index (χ0n) is 9.67. The first-order valence-corrected chi connectivity index (χ1v) is 5.83. The van der Waals surface area contributed by atoms with Gasteiger partial charge in [-0.05, 0) is 34.0 Å². The van der Waals surface area contributed by atoms with Crippen molar-refractivity contribution >= 4 is 16.8 Å². The van der Waals surface area contributed by atoms with Crippen LogP contribution in [0.4, 0.5) is 0 Å². The number of benzene rings is 2. The van der Waals surface area contributed by atoms with Crippen LogP contribution in [-0.4, -0.2) is 0 Å². The van der Waals surface area contributed by atoms with Gasteiger partial charge in [0.05, 0.1) is 24.0 Å². The maximum absolute atomic E-state index is 9.28. The summed E-state index contributed by atoms with van der Waals surface area (Å²) in [4.78, 5) is 0. The molecule has 2 unspecified atom stereocenters. The van der Waals surface area contributed by atoms with E-state index in [-0.39, 0.29) is 11.8 Å². The van der Waals surface area contributed by atoms with Gasteiger partial charge < -0.3 is 0 Å². The summed E-state index contributed by atoms with van der Waals surface area (Å²) in [5.41, 5.74) is 2.01. The van der Waals surface area contributed by atoms with Gasteiger partial charge in [0.15, 0.2) is 0 Å². The van der Waals surface area contributed by atoms with Gasteiger partial charge >= 0.3 is 0 Å². The summed E-state index contributed by atoms with van der Waals surface area (Å²) in [6.45, 7) is 0. The predicted molar refractivity (Wildman–Crippen MR) is 70.4 cm³/mol. The Hall–Kier alpha value is -2.58. The summed E-state index contributed by atoms with van der Waals surface area (Å²) in [6, 6.07) is 16.6. The maximum atomic E-state index is 9.28. The first-order chi connectivity index (χ1) is 8.83. The fraction of sp³-hybridized carbons (Fsp3) is 0.125. The molecule has 1 aliphatic carbocycles. The molecule has 1 aliphatic rings. The van der Waals surface area contributed by atoms with E-state index in [0.717, 1.165) is 21.9 Å². The van der Waals surface area contributed by atoms with E-state index in [9.17, 15) is 5.26 Å². The number of rotatable bonds is 0. The van der Waals surface area contributed by atoms with Crippen molar-refractivity contribution in [3.8, 4) is 12.1 Å². The molecular formula is C16H10N2. The molecule has 18 heavy (non-hydrogen) atoms. The van der Waals surface area contributed by atoms with Crippen molar-refractivity contribution in [2.24, 2.45) is 5.92 Å². The molecule has 84 valence electrons. The average molecular weight is 230 g/mol. The van der Waals surface area contributed by atoms with Crippen LogP contribution in [0.2, 0.25) is 0 Å². The number of nitrogens with zero attached hydrogens (tertiary/aromatic N) is 2. The van der Waals surface area contributed by atoms with E-state index < -0.39 is 0 Å². The first-order valence-electron chi connectivity index (χ1n) is 5.83. The van der Waals surface area contributed by atoms with Crippen molar-refractivity contribution in [1.29, 1.82) is 10.5 Å². The first kappa shape index (κ1) is 10.6. The van der Waals surface area contributed by atoms with Gasteiger partial charge in [0.2, 0.25) is 0 Å². The number of hydrogen-bond acceptors (Lipinski definition) is 2. The van der Waals surface area contributed by atoms with Crippen molar-refractivity contribution in [2.45, 2.75) is 5.92 Å². The predicted octanol–water partition coefficient (Wildman–Crippen LogP) is 3.61. The lowest BCUT2D eigenvalue weighted by atomic mass is 9.80. The second-order valence-corrected chi connectivity index (χ2v) is 4.45. The molecule has 0 N–H and O–H groups in total. The minimum Gasteiger partial charge on any atom is -0.198 e. The highest BCUT2D eigenvalue weighted by atomic mass is 14.4. The van der Waals surface area contributed by atoms with E-state index in [2.05, 4.69) is 24.3 Å². The van der Waals surface area contributed by atoms with Crippen LogP contribution < -0.4 is 0 Å². The fourth-order valence-electron chi connectivity index (χ4n) is 2.47. The third kappa shape index (κ3) is 1.48. The van der Waals surface area contributed by atoms with Crippen LogP contribution in [0.1, 0.15) is 17.0 Å². The summed E-state index contributed by atoms with van der Waals surface area (Å²) < 4.78 is 0. The SMILES string of the molecule is N#CC1C=Cc2cc3ccccc3cc2C1C#N. The lowest BCUT2D eigenvalue weighted by Crippen LogP contribution is -2.12. The monoisotopic (exact) mass is 230 g/mol. The molecule has 2 aromatic rings. The average Bonchev–Trinajstić information content (AvgIpc) is 2.43. The van der Waals surface area contributed by atoms with E-state index in [0.29, 0.717) is 0 Å². The zero-order chi connectivity index (χ0) is 12.5. The van der Waals surface area contributed by atoms with Crippen molar-refractivity contribution in [2.75, 3.05) is 0 Å². The molecule has 2 atom stereocenters. The molecule has 0 aliphatic heterocycles. The van der Waals surface area contributed by atoms with E-state index in [1.54, 1.807) is 0 Å². The third-order valence-corrected chi connectivity index (χ3v) is 3.42. The van der Waals surface area contributed by atoms with Gasteiger partial charge in [-0.25, -0.2) is 0 Å². The summed E-state index contributed by atoms with van der Waals surface area (Å²) >= 11 is 0. The highest BCUT2D eigenvalue weighted by molar-refractivity contribution is 5.87. The Kier molecular flexibility index (Phi) is 2.36. The number of fused-ring (bicyclic) bond motifs is 2. The number of allylic oxidation sites excluding steroid dienone is 1. The van der Waals surface area contributed by atoms with Crippen LogP contribution in [-0.2, 0) is 0 Å². The van der Waals surface area contributed by atoms with Gasteiger partial charge in [-0.3, -0.25) is 0 Å². The Morgan fingerprint density at radius 3 is 2.33 bits per heavy atom. The van der Waals surface area contributed by atoms with Crippen molar-refractivity contribution < 1.29 is 0 Å². The van der Waals surface area contributed by atoms with E-state index in [1.165, 1.54) is 0 Å². The quantitative estimate of drug-likeness (QED) is 0.694. The van der Waals surface area contributed by atoms with Gasteiger partial charge in [-0.1, -0.05) is 36.4 Å². The van der Waals surface area contributed by atoms with Crippen LogP contribution in [0.15, 0.2) is 42.5 Å². The molecule has 0 bridgehead atoms. The summed E-state index contributed by atoms with van der Waals surface area (Å²) in [6.07, 6.45) is 3.77. The molecule has 0 aromatic heterocycles. The van der Waals surface area contributed by atoms with E-state index >= 15 is 0 Å². The molecule has 2 aromatic carbocycles. The Morgan fingerprint density at radius 1 is 0.944 bits per heavy atom. The van der Waals surface area contributed by atoms with Gasteiger partial charge in [0.25, 0.3) is 0 Å². The van der Waals surface area contributed by atoms with Crippen LogP contribution in [0, 0.1) is 28.6 Å². The standard InChI is InChI=1S/C16H10N2/c17-9-14-6-5-13-7-11-3-1-2-4-12(11)8-15(13)16(14)10-18/h1-8,14,16H. The molecule has 0 radical (unpaired) electrons. The van der Waals surface area contributed by atoms with Crippen molar-refractivity contribution in [3.63, 3.8) is 0 Å². The third-order valence-electron chi connectivity index (χ3n) is 3.42. The molecule has 3 rings (SSSR count). The Morgan fingerprint density at radius 2 is 1.67 bits per heavy atom. The molecule has 0 saturated heterocycles. The Labute approximate surface area is 105 Å². The van der Waals surface area contributed by atoms with Crippen molar-refractivity contribution in [3.05, 3.63) is 53.6 Å². The zero-order valence-corrected chi connectivity index (χ0v) is 9.67. The normalized spacial score (nSPS) is 21.0. The molecule has 0 heterocycles. The Bertz CT molecular complexity index is 729. The molecule has 2 heteroatoms. The van der Waals surface area contributed by atoms with Crippen LogP contribution in [0.5, 0.6) is 0 Å². The summed E-state index contributed by atoms with van der Waals surface area (Å²) in [7, 11) is 0. The largest absolute Gasteiger partial charge is 0.198 e. The van der Waals surface area contributed by atoms with Crippen LogP contribution in [0.3, 0.4) is 0 Å². The lowest BCUT2D eigenvalue weighted by Gasteiger charge is -2.20. The summed E-state index contributed by atoms with van der Waals surface area (Å²) in [5.74, 6) is -0.705. The van der Waals surface area contributed by atoms with Gasteiger partial charge in [0, 0.05) is 0 Å². The summed E-state index contributed by atoms with van der Waals surface area (Å²) in [5, 5.41) is 20.6. The minimum absolute atomic E-state index is 0.344. The number of nitriles is 2. The molecular weight excluding hydrogens is 220 g/mol. The van der Waals surface area contributed by atoms with Gasteiger partial charge in [-0.2, -0.15) is 10.5 Å². The highest BCUT2D eigenvalue weighted by Crippen LogP contribution is 2.35. The molecule has 0 spiro atoms. The Balaban J connectivity index is 2.28.